The summed E-state index contributed by atoms with van der Waals surface area (Å²) in [5.74, 6) is 3.19. The highest BCUT2D eigenvalue weighted by molar-refractivity contribution is 5.21. The lowest BCUT2D eigenvalue weighted by Gasteiger charge is -2.30. The summed E-state index contributed by atoms with van der Waals surface area (Å²) in [6.45, 7) is 4.69. The van der Waals surface area contributed by atoms with Gasteiger partial charge >= 0.3 is 0 Å². The second kappa shape index (κ2) is 5.52. The summed E-state index contributed by atoms with van der Waals surface area (Å²) >= 11 is 0. The Labute approximate surface area is 104 Å². The molecule has 1 aromatic rings. The Morgan fingerprint density at radius 3 is 2.35 bits per heavy atom. The Balaban J connectivity index is 1.95. The molecular formula is C15H23NO. The van der Waals surface area contributed by atoms with Crippen LogP contribution in [-0.2, 0) is 0 Å². The number of nitrogens with zero attached hydrogens (tertiary/aromatic N) is 1. The Morgan fingerprint density at radius 2 is 1.88 bits per heavy atom. The molecule has 1 heterocycles. The van der Waals surface area contributed by atoms with Gasteiger partial charge in [0, 0.05) is 12.3 Å². The molecule has 1 aliphatic carbocycles. The van der Waals surface area contributed by atoms with Crippen molar-refractivity contribution in [3.8, 4) is 5.88 Å². The van der Waals surface area contributed by atoms with Crippen LogP contribution in [0.15, 0.2) is 18.3 Å². The van der Waals surface area contributed by atoms with Crippen molar-refractivity contribution in [1.82, 2.24) is 4.98 Å². The van der Waals surface area contributed by atoms with Gasteiger partial charge < -0.3 is 4.74 Å². The number of rotatable bonds is 3. The number of pyridine rings is 1. The van der Waals surface area contributed by atoms with Crippen LogP contribution in [0.4, 0.5) is 0 Å². The Hall–Kier alpha value is -1.05. The Kier molecular flexibility index (Phi) is 4.03. The number of methoxy groups -OCH3 is 1. The van der Waals surface area contributed by atoms with Crippen molar-refractivity contribution in [2.24, 2.45) is 11.8 Å². The van der Waals surface area contributed by atoms with Gasteiger partial charge in [0.25, 0.3) is 0 Å². The van der Waals surface area contributed by atoms with E-state index in [0.717, 1.165) is 11.8 Å². The lowest BCUT2D eigenvalue weighted by Crippen LogP contribution is -2.17. The van der Waals surface area contributed by atoms with Gasteiger partial charge in [-0.25, -0.2) is 4.98 Å². The molecule has 0 atom stereocenters. The summed E-state index contributed by atoms with van der Waals surface area (Å²) in [6, 6.07) is 4.15. The topological polar surface area (TPSA) is 22.1 Å². The van der Waals surface area contributed by atoms with Gasteiger partial charge in [0.1, 0.15) is 0 Å². The molecule has 1 fully saturated rings. The van der Waals surface area contributed by atoms with E-state index in [9.17, 15) is 0 Å². The summed E-state index contributed by atoms with van der Waals surface area (Å²) in [4.78, 5) is 4.30. The van der Waals surface area contributed by atoms with Crippen LogP contribution in [0.5, 0.6) is 5.88 Å². The van der Waals surface area contributed by atoms with Gasteiger partial charge in [-0.3, -0.25) is 0 Å². The van der Waals surface area contributed by atoms with Gasteiger partial charge in [-0.15, -0.1) is 0 Å². The smallest absolute Gasteiger partial charge is 0.212 e. The highest BCUT2D eigenvalue weighted by atomic mass is 16.5. The molecular weight excluding hydrogens is 210 g/mol. The molecule has 0 spiro atoms. The van der Waals surface area contributed by atoms with Crippen LogP contribution in [0, 0.1) is 11.8 Å². The van der Waals surface area contributed by atoms with Gasteiger partial charge in [-0.2, -0.15) is 0 Å². The Morgan fingerprint density at radius 1 is 1.18 bits per heavy atom. The van der Waals surface area contributed by atoms with Crippen molar-refractivity contribution in [2.75, 3.05) is 7.11 Å². The first-order chi connectivity index (χ1) is 8.20. The van der Waals surface area contributed by atoms with E-state index >= 15 is 0 Å². The SMILES string of the molecule is COc1ccc(C2CCC(C(C)C)CC2)cn1. The Bertz CT molecular complexity index is 336. The number of hydrogen-bond acceptors (Lipinski definition) is 2. The first-order valence-electron chi connectivity index (χ1n) is 6.70. The van der Waals surface area contributed by atoms with E-state index in [1.165, 1.54) is 31.2 Å². The normalized spacial score (nSPS) is 24.9. The summed E-state index contributed by atoms with van der Waals surface area (Å²) in [7, 11) is 1.66. The number of ether oxygens (including phenoxy) is 1. The highest BCUT2D eigenvalue weighted by Gasteiger charge is 2.24. The molecule has 1 aliphatic rings. The highest BCUT2D eigenvalue weighted by Crippen LogP contribution is 2.38. The van der Waals surface area contributed by atoms with Crippen molar-refractivity contribution in [1.29, 1.82) is 0 Å². The van der Waals surface area contributed by atoms with E-state index in [2.05, 4.69) is 24.9 Å². The minimum Gasteiger partial charge on any atom is -0.481 e. The molecule has 0 unspecified atom stereocenters. The zero-order valence-electron chi connectivity index (χ0n) is 11.1. The van der Waals surface area contributed by atoms with Crippen LogP contribution in [-0.4, -0.2) is 12.1 Å². The molecule has 0 N–H and O–H groups in total. The fraction of sp³-hybridized carbons (Fsp3) is 0.667. The predicted octanol–water partition coefficient (Wildman–Crippen LogP) is 4.02. The number of aromatic nitrogens is 1. The molecule has 0 amide bonds. The van der Waals surface area contributed by atoms with Gasteiger partial charge in [0.15, 0.2) is 0 Å². The average molecular weight is 233 g/mol. The van der Waals surface area contributed by atoms with Crippen molar-refractivity contribution < 1.29 is 4.74 Å². The minimum atomic E-state index is 0.711. The largest absolute Gasteiger partial charge is 0.481 e. The van der Waals surface area contributed by atoms with Crippen LogP contribution < -0.4 is 4.74 Å². The average Bonchev–Trinajstić information content (AvgIpc) is 2.39. The molecule has 0 saturated heterocycles. The fourth-order valence-electron chi connectivity index (χ4n) is 2.87. The van der Waals surface area contributed by atoms with E-state index in [0.29, 0.717) is 11.8 Å². The zero-order chi connectivity index (χ0) is 12.3. The quantitative estimate of drug-likeness (QED) is 0.786. The molecule has 1 saturated carbocycles. The van der Waals surface area contributed by atoms with Gasteiger partial charge in [-0.05, 0) is 49.0 Å². The van der Waals surface area contributed by atoms with Crippen molar-refractivity contribution in [3.05, 3.63) is 23.9 Å². The lowest BCUT2D eigenvalue weighted by molar-refractivity contribution is 0.258. The van der Waals surface area contributed by atoms with Crippen LogP contribution in [0.2, 0.25) is 0 Å². The molecule has 2 heteroatoms. The van der Waals surface area contributed by atoms with E-state index in [-0.39, 0.29) is 0 Å². The molecule has 2 rings (SSSR count). The first-order valence-corrected chi connectivity index (χ1v) is 6.70. The second-order valence-electron chi connectivity index (χ2n) is 5.49. The third-order valence-corrected chi connectivity index (χ3v) is 4.15. The van der Waals surface area contributed by atoms with Crippen molar-refractivity contribution in [2.45, 2.75) is 45.4 Å². The molecule has 0 aliphatic heterocycles. The van der Waals surface area contributed by atoms with Gasteiger partial charge in [-0.1, -0.05) is 19.9 Å². The second-order valence-corrected chi connectivity index (χ2v) is 5.49. The predicted molar refractivity (Wildman–Crippen MR) is 70.3 cm³/mol. The van der Waals surface area contributed by atoms with Gasteiger partial charge in [0.05, 0.1) is 7.11 Å². The monoisotopic (exact) mass is 233 g/mol. The maximum absolute atomic E-state index is 5.09. The van der Waals surface area contributed by atoms with Crippen molar-refractivity contribution >= 4 is 0 Å². The summed E-state index contributed by atoms with van der Waals surface area (Å²) in [5.41, 5.74) is 1.38. The summed E-state index contributed by atoms with van der Waals surface area (Å²) in [6.07, 6.45) is 7.36. The van der Waals surface area contributed by atoms with E-state index in [1.807, 2.05) is 12.3 Å². The molecule has 2 nitrogen and oxygen atoms in total. The van der Waals surface area contributed by atoms with Crippen molar-refractivity contribution in [3.63, 3.8) is 0 Å². The van der Waals surface area contributed by atoms with Crippen LogP contribution in [0.1, 0.15) is 51.0 Å². The lowest BCUT2D eigenvalue weighted by atomic mass is 9.75. The van der Waals surface area contributed by atoms with Crippen LogP contribution in [0.25, 0.3) is 0 Å². The fourth-order valence-corrected chi connectivity index (χ4v) is 2.87. The maximum Gasteiger partial charge on any atom is 0.212 e. The minimum absolute atomic E-state index is 0.711. The number of hydrogen-bond donors (Lipinski definition) is 0. The van der Waals surface area contributed by atoms with E-state index < -0.39 is 0 Å². The molecule has 94 valence electrons. The van der Waals surface area contributed by atoms with E-state index in [1.54, 1.807) is 7.11 Å². The molecule has 0 aromatic carbocycles. The van der Waals surface area contributed by atoms with Crippen LogP contribution in [0.3, 0.4) is 0 Å². The molecule has 1 aromatic heterocycles. The third kappa shape index (κ3) is 2.99. The zero-order valence-corrected chi connectivity index (χ0v) is 11.1. The van der Waals surface area contributed by atoms with E-state index in [4.69, 9.17) is 4.74 Å². The standard InChI is InChI=1S/C15H23NO/c1-11(2)12-4-6-13(7-5-12)14-8-9-15(17-3)16-10-14/h8-13H,4-7H2,1-3H3. The third-order valence-electron chi connectivity index (χ3n) is 4.15. The molecule has 0 bridgehead atoms. The maximum atomic E-state index is 5.09. The summed E-state index contributed by atoms with van der Waals surface area (Å²) < 4.78 is 5.09. The first kappa shape index (κ1) is 12.4. The summed E-state index contributed by atoms with van der Waals surface area (Å²) in [5, 5.41) is 0. The van der Waals surface area contributed by atoms with Crippen LogP contribution >= 0.6 is 0 Å². The molecule has 0 radical (unpaired) electrons. The molecule has 17 heavy (non-hydrogen) atoms. The van der Waals surface area contributed by atoms with Gasteiger partial charge in [0.2, 0.25) is 5.88 Å².